The molecule has 3 rings (SSSR count). The highest BCUT2D eigenvalue weighted by Gasteiger charge is 2.41. The lowest BCUT2D eigenvalue weighted by molar-refractivity contribution is -0.134. The second kappa shape index (κ2) is 6.84. The van der Waals surface area contributed by atoms with E-state index in [0.717, 1.165) is 41.7 Å². The summed E-state index contributed by atoms with van der Waals surface area (Å²) in [5, 5.41) is 0. The SMILES string of the molecule is O=C(CSc1cccc(Br)c1)C1CCOC2(CCCC2)C1. The van der Waals surface area contributed by atoms with Gasteiger partial charge in [0.15, 0.2) is 0 Å². The fraction of sp³-hybridized carbons (Fsp3) is 0.588. The maximum absolute atomic E-state index is 12.5. The molecule has 2 aliphatic rings. The number of hydrogen-bond acceptors (Lipinski definition) is 3. The Labute approximate surface area is 139 Å². The Hall–Kier alpha value is -0.320. The van der Waals surface area contributed by atoms with E-state index in [1.165, 1.54) is 12.8 Å². The molecule has 0 N–H and O–H groups in total. The molecule has 1 aromatic carbocycles. The van der Waals surface area contributed by atoms with Crippen molar-refractivity contribution in [1.29, 1.82) is 0 Å². The van der Waals surface area contributed by atoms with E-state index in [-0.39, 0.29) is 11.5 Å². The van der Waals surface area contributed by atoms with Gasteiger partial charge in [-0.1, -0.05) is 34.8 Å². The van der Waals surface area contributed by atoms with Gasteiger partial charge in [0.1, 0.15) is 5.78 Å². The number of carbonyl (C=O) groups is 1. The average molecular weight is 369 g/mol. The van der Waals surface area contributed by atoms with Crippen molar-refractivity contribution in [2.24, 2.45) is 5.92 Å². The first-order valence-corrected chi connectivity index (χ1v) is 9.50. The van der Waals surface area contributed by atoms with E-state index in [0.29, 0.717) is 11.5 Å². The van der Waals surface area contributed by atoms with Crippen LogP contribution in [0.25, 0.3) is 0 Å². The number of benzene rings is 1. The third-order valence-electron chi connectivity index (χ3n) is 4.64. The molecule has 4 heteroatoms. The molecule has 1 saturated carbocycles. The van der Waals surface area contributed by atoms with Gasteiger partial charge >= 0.3 is 0 Å². The van der Waals surface area contributed by atoms with Gasteiger partial charge in [0.25, 0.3) is 0 Å². The zero-order valence-corrected chi connectivity index (χ0v) is 14.5. The molecule has 0 aromatic heterocycles. The Morgan fingerprint density at radius 1 is 1.38 bits per heavy atom. The molecule has 2 nitrogen and oxygen atoms in total. The van der Waals surface area contributed by atoms with Crippen LogP contribution in [0.15, 0.2) is 33.6 Å². The molecular formula is C17H21BrO2S. The highest BCUT2D eigenvalue weighted by atomic mass is 79.9. The summed E-state index contributed by atoms with van der Waals surface area (Å²) in [7, 11) is 0. The normalized spacial score (nSPS) is 24.3. The molecule has 0 bridgehead atoms. The van der Waals surface area contributed by atoms with E-state index in [1.54, 1.807) is 11.8 Å². The van der Waals surface area contributed by atoms with E-state index >= 15 is 0 Å². The summed E-state index contributed by atoms with van der Waals surface area (Å²) < 4.78 is 7.09. The lowest BCUT2D eigenvalue weighted by Crippen LogP contribution is -2.40. The molecular weight excluding hydrogens is 348 g/mol. The fourth-order valence-corrected chi connectivity index (χ4v) is 4.98. The van der Waals surface area contributed by atoms with Crippen molar-refractivity contribution >= 4 is 33.5 Å². The van der Waals surface area contributed by atoms with Gasteiger partial charge in [-0.15, -0.1) is 11.8 Å². The fourth-order valence-electron chi connectivity index (χ4n) is 3.50. The van der Waals surface area contributed by atoms with Crippen molar-refractivity contribution in [3.05, 3.63) is 28.7 Å². The molecule has 1 heterocycles. The van der Waals surface area contributed by atoms with Gasteiger partial charge in [0.2, 0.25) is 0 Å². The summed E-state index contributed by atoms with van der Waals surface area (Å²) in [5.74, 6) is 1.18. The molecule has 1 spiro atoms. The van der Waals surface area contributed by atoms with Gasteiger partial charge in [0, 0.05) is 21.9 Å². The number of Topliss-reactive ketones (excluding diaryl/α,β-unsaturated/α-hetero) is 1. The van der Waals surface area contributed by atoms with Gasteiger partial charge in [-0.3, -0.25) is 4.79 Å². The van der Waals surface area contributed by atoms with Crippen molar-refractivity contribution in [2.75, 3.05) is 12.4 Å². The van der Waals surface area contributed by atoms with Gasteiger partial charge in [-0.05, 0) is 43.9 Å². The lowest BCUT2D eigenvalue weighted by Gasteiger charge is -2.37. The molecule has 1 aliphatic carbocycles. The van der Waals surface area contributed by atoms with Crippen LogP contribution in [0, 0.1) is 5.92 Å². The van der Waals surface area contributed by atoms with Crippen LogP contribution in [-0.4, -0.2) is 23.7 Å². The zero-order valence-electron chi connectivity index (χ0n) is 12.1. The van der Waals surface area contributed by atoms with E-state index < -0.39 is 0 Å². The van der Waals surface area contributed by atoms with Crippen molar-refractivity contribution in [1.82, 2.24) is 0 Å². The quantitative estimate of drug-likeness (QED) is 0.710. The molecule has 21 heavy (non-hydrogen) atoms. The number of ketones is 1. The Balaban J connectivity index is 1.55. The predicted molar refractivity (Wildman–Crippen MR) is 89.7 cm³/mol. The largest absolute Gasteiger partial charge is 0.375 e. The molecule has 0 amide bonds. The molecule has 114 valence electrons. The number of carbonyl (C=O) groups excluding carboxylic acids is 1. The smallest absolute Gasteiger partial charge is 0.146 e. The predicted octanol–water partition coefficient (Wildman–Crippen LogP) is 4.85. The molecule has 2 fully saturated rings. The third-order valence-corrected chi connectivity index (χ3v) is 6.15. The van der Waals surface area contributed by atoms with Crippen molar-refractivity contribution < 1.29 is 9.53 Å². The zero-order chi connectivity index (χ0) is 14.7. The minimum atomic E-state index is 0.0407. The van der Waals surface area contributed by atoms with Gasteiger partial charge in [0.05, 0.1) is 11.4 Å². The Kier molecular flexibility index (Phi) is 5.07. The van der Waals surface area contributed by atoms with Crippen LogP contribution in [0.4, 0.5) is 0 Å². The van der Waals surface area contributed by atoms with Crippen LogP contribution < -0.4 is 0 Å². The first-order chi connectivity index (χ1) is 10.2. The lowest BCUT2D eigenvalue weighted by atomic mass is 9.83. The topological polar surface area (TPSA) is 26.3 Å². The van der Waals surface area contributed by atoms with Gasteiger partial charge < -0.3 is 4.74 Å². The van der Waals surface area contributed by atoms with E-state index in [2.05, 4.69) is 28.1 Å². The second-order valence-electron chi connectivity index (χ2n) is 6.14. The molecule has 1 unspecified atom stereocenters. The van der Waals surface area contributed by atoms with Crippen LogP contribution >= 0.6 is 27.7 Å². The van der Waals surface area contributed by atoms with Gasteiger partial charge in [-0.2, -0.15) is 0 Å². The summed E-state index contributed by atoms with van der Waals surface area (Å²) in [5.41, 5.74) is 0.0407. The molecule has 1 atom stereocenters. The Morgan fingerprint density at radius 2 is 2.19 bits per heavy atom. The summed E-state index contributed by atoms with van der Waals surface area (Å²) in [4.78, 5) is 13.7. The van der Waals surface area contributed by atoms with Crippen molar-refractivity contribution in [3.8, 4) is 0 Å². The highest BCUT2D eigenvalue weighted by molar-refractivity contribution is 9.10. The standard InChI is InChI=1S/C17H21BrO2S/c18-14-4-3-5-15(10-14)21-12-16(19)13-6-9-20-17(11-13)7-1-2-8-17/h3-5,10,13H,1-2,6-9,11-12H2. The summed E-state index contributed by atoms with van der Waals surface area (Å²) in [6.45, 7) is 0.762. The first-order valence-electron chi connectivity index (χ1n) is 7.72. The van der Waals surface area contributed by atoms with Crippen LogP contribution in [0.3, 0.4) is 0 Å². The molecule has 1 aromatic rings. The van der Waals surface area contributed by atoms with Crippen molar-refractivity contribution in [3.63, 3.8) is 0 Å². The number of hydrogen-bond donors (Lipinski definition) is 0. The van der Waals surface area contributed by atoms with Crippen LogP contribution in [0.2, 0.25) is 0 Å². The number of rotatable bonds is 4. The summed E-state index contributed by atoms with van der Waals surface area (Å²) in [6.07, 6.45) is 6.66. The molecule has 0 radical (unpaired) electrons. The third kappa shape index (κ3) is 3.91. The van der Waals surface area contributed by atoms with Gasteiger partial charge in [-0.25, -0.2) is 0 Å². The molecule has 1 aliphatic heterocycles. The second-order valence-corrected chi connectivity index (χ2v) is 8.11. The van der Waals surface area contributed by atoms with Crippen LogP contribution in [0.5, 0.6) is 0 Å². The number of thioether (sulfide) groups is 1. The van der Waals surface area contributed by atoms with Crippen LogP contribution in [-0.2, 0) is 9.53 Å². The van der Waals surface area contributed by atoms with E-state index in [4.69, 9.17) is 4.74 Å². The maximum atomic E-state index is 12.5. The Bertz CT molecular complexity index is 511. The number of halogens is 1. The summed E-state index contributed by atoms with van der Waals surface area (Å²) >= 11 is 5.12. The van der Waals surface area contributed by atoms with Crippen LogP contribution in [0.1, 0.15) is 38.5 Å². The minimum absolute atomic E-state index is 0.0407. The maximum Gasteiger partial charge on any atom is 0.146 e. The average Bonchev–Trinajstić information content (AvgIpc) is 2.93. The first kappa shape index (κ1) is 15.6. The minimum Gasteiger partial charge on any atom is -0.375 e. The van der Waals surface area contributed by atoms with E-state index in [1.807, 2.05) is 12.1 Å². The Morgan fingerprint density at radius 3 is 2.95 bits per heavy atom. The van der Waals surface area contributed by atoms with E-state index in [9.17, 15) is 4.79 Å². The monoisotopic (exact) mass is 368 g/mol. The van der Waals surface area contributed by atoms with Crippen molar-refractivity contribution in [2.45, 2.75) is 49.0 Å². The summed E-state index contributed by atoms with van der Waals surface area (Å²) in [6, 6.07) is 8.15. The molecule has 1 saturated heterocycles. The number of ether oxygens (including phenoxy) is 1. The highest BCUT2D eigenvalue weighted by Crippen LogP contribution is 2.42.